The van der Waals surface area contributed by atoms with Gasteiger partial charge in [0.1, 0.15) is 12.8 Å². The van der Waals surface area contributed by atoms with Crippen LogP contribution in [0.4, 0.5) is 0 Å². The van der Waals surface area contributed by atoms with E-state index in [1.165, 1.54) is 6.20 Å². The monoisotopic (exact) mass is 403 g/mol. The summed E-state index contributed by atoms with van der Waals surface area (Å²) in [6.07, 6.45) is 0.207. The summed E-state index contributed by atoms with van der Waals surface area (Å²) in [6, 6.07) is 29.5. The number of hydroxylamine groups is 2. The Morgan fingerprint density at radius 1 is 0.633 bits per heavy atom. The molecule has 30 heavy (non-hydrogen) atoms. The molecular formula is C25H25NO4. The molecule has 0 aliphatic carbocycles. The van der Waals surface area contributed by atoms with E-state index >= 15 is 0 Å². The van der Waals surface area contributed by atoms with Crippen LogP contribution in [0.25, 0.3) is 0 Å². The van der Waals surface area contributed by atoms with Crippen molar-refractivity contribution in [1.82, 2.24) is 0 Å². The second kappa shape index (κ2) is 10.2. The Kier molecular flexibility index (Phi) is 6.90. The van der Waals surface area contributed by atoms with Crippen LogP contribution in [0.1, 0.15) is 16.7 Å². The van der Waals surface area contributed by atoms with E-state index in [-0.39, 0.29) is 5.06 Å². The van der Waals surface area contributed by atoms with Crippen LogP contribution in [0.5, 0.6) is 0 Å². The van der Waals surface area contributed by atoms with Crippen LogP contribution in [0.3, 0.4) is 0 Å². The highest BCUT2D eigenvalue weighted by Gasteiger charge is 2.40. The summed E-state index contributed by atoms with van der Waals surface area (Å²) in [5.41, 5.74) is 3.06. The van der Waals surface area contributed by atoms with Gasteiger partial charge in [0.2, 0.25) is 6.23 Å². The molecule has 3 aromatic carbocycles. The van der Waals surface area contributed by atoms with Crippen molar-refractivity contribution in [2.45, 2.75) is 32.2 Å². The predicted molar refractivity (Wildman–Crippen MR) is 114 cm³/mol. The first-order valence-electron chi connectivity index (χ1n) is 10.0. The molecule has 3 atom stereocenters. The SMILES string of the molecule is [O-][NH+]1C=C(OCc2ccccc2)[C@H](OCc2ccccc2)[C@@H]1OCc1ccccc1. The quantitative estimate of drug-likeness (QED) is 0.555. The summed E-state index contributed by atoms with van der Waals surface area (Å²) in [7, 11) is 0. The molecule has 0 amide bonds. The average Bonchev–Trinajstić information content (AvgIpc) is 3.11. The van der Waals surface area contributed by atoms with Crippen molar-refractivity contribution >= 4 is 0 Å². The van der Waals surface area contributed by atoms with Gasteiger partial charge in [0.25, 0.3) is 0 Å². The number of ether oxygens (including phenoxy) is 3. The fraction of sp³-hybridized carbons (Fsp3) is 0.200. The Balaban J connectivity index is 1.44. The summed E-state index contributed by atoms with van der Waals surface area (Å²) in [6.45, 7) is 1.08. The molecule has 0 fully saturated rings. The first kappa shape index (κ1) is 20.3. The Labute approximate surface area is 176 Å². The van der Waals surface area contributed by atoms with Gasteiger partial charge < -0.3 is 24.5 Å². The highest BCUT2D eigenvalue weighted by molar-refractivity contribution is 5.16. The van der Waals surface area contributed by atoms with Crippen molar-refractivity contribution in [3.8, 4) is 0 Å². The minimum Gasteiger partial charge on any atom is -0.627 e. The molecule has 0 aromatic heterocycles. The molecule has 0 saturated heterocycles. The van der Waals surface area contributed by atoms with Crippen molar-refractivity contribution in [1.29, 1.82) is 0 Å². The highest BCUT2D eigenvalue weighted by atomic mass is 16.6. The van der Waals surface area contributed by atoms with Gasteiger partial charge in [-0.05, 0) is 16.7 Å². The second-order valence-electron chi connectivity index (χ2n) is 7.16. The van der Waals surface area contributed by atoms with Gasteiger partial charge in [-0.1, -0.05) is 91.0 Å². The lowest BCUT2D eigenvalue weighted by Crippen LogP contribution is -3.06. The summed E-state index contributed by atoms with van der Waals surface area (Å²) in [5, 5.41) is 12.5. The number of quaternary nitrogens is 1. The Morgan fingerprint density at radius 2 is 1.10 bits per heavy atom. The van der Waals surface area contributed by atoms with E-state index < -0.39 is 12.3 Å². The molecule has 1 N–H and O–H groups in total. The molecule has 5 heteroatoms. The molecule has 0 bridgehead atoms. The van der Waals surface area contributed by atoms with Crippen LogP contribution in [0.2, 0.25) is 0 Å². The van der Waals surface area contributed by atoms with Gasteiger partial charge in [0, 0.05) is 0 Å². The maximum Gasteiger partial charge on any atom is 0.230 e. The molecule has 4 rings (SSSR count). The minimum absolute atomic E-state index is 0.132. The van der Waals surface area contributed by atoms with E-state index in [2.05, 4.69) is 0 Å². The number of hydrogen-bond donors (Lipinski definition) is 1. The Morgan fingerprint density at radius 3 is 1.63 bits per heavy atom. The molecule has 1 aliphatic rings. The van der Waals surface area contributed by atoms with E-state index in [0.717, 1.165) is 16.7 Å². The van der Waals surface area contributed by atoms with Gasteiger partial charge in [0.15, 0.2) is 11.9 Å². The third kappa shape index (κ3) is 5.34. The molecule has 0 spiro atoms. The lowest BCUT2D eigenvalue weighted by Gasteiger charge is -2.27. The smallest absolute Gasteiger partial charge is 0.230 e. The van der Waals surface area contributed by atoms with E-state index in [4.69, 9.17) is 14.2 Å². The predicted octanol–water partition coefficient (Wildman–Crippen LogP) is 3.57. The zero-order chi connectivity index (χ0) is 20.6. The fourth-order valence-corrected chi connectivity index (χ4v) is 3.33. The van der Waals surface area contributed by atoms with Crippen LogP contribution in [0, 0.1) is 5.21 Å². The zero-order valence-corrected chi connectivity index (χ0v) is 16.6. The molecule has 3 aromatic rings. The highest BCUT2D eigenvalue weighted by Crippen LogP contribution is 2.21. The fourth-order valence-electron chi connectivity index (χ4n) is 3.33. The largest absolute Gasteiger partial charge is 0.627 e. The first-order chi connectivity index (χ1) is 14.8. The number of benzene rings is 3. The van der Waals surface area contributed by atoms with E-state index in [1.807, 2.05) is 91.0 Å². The van der Waals surface area contributed by atoms with Gasteiger partial charge in [0.05, 0.1) is 13.2 Å². The van der Waals surface area contributed by atoms with E-state index in [1.54, 1.807) is 0 Å². The summed E-state index contributed by atoms with van der Waals surface area (Å²) in [4.78, 5) is 0. The zero-order valence-electron chi connectivity index (χ0n) is 16.6. The molecule has 154 valence electrons. The maximum atomic E-state index is 12.7. The molecule has 1 unspecified atom stereocenters. The van der Waals surface area contributed by atoms with E-state index in [9.17, 15) is 5.21 Å². The van der Waals surface area contributed by atoms with Crippen LogP contribution >= 0.6 is 0 Å². The molecule has 0 radical (unpaired) electrons. The molecule has 1 heterocycles. The van der Waals surface area contributed by atoms with Crippen molar-refractivity contribution in [3.05, 3.63) is 125 Å². The number of rotatable bonds is 9. The summed E-state index contributed by atoms with van der Waals surface area (Å²) in [5.74, 6) is 0.512. The number of hydrogen-bond acceptors (Lipinski definition) is 4. The van der Waals surface area contributed by atoms with Crippen LogP contribution in [-0.2, 0) is 34.0 Å². The van der Waals surface area contributed by atoms with Gasteiger partial charge >= 0.3 is 0 Å². The van der Waals surface area contributed by atoms with Crippen molar-refractivity contribution in [2.24, 2.45) is 0 Å². The van der Waals surface area contributed by atoms with Crippen molar-refractivity contribution in [2.75, 3.05) is 0 Å². The Bertz CT molecular complexity index is 931. The molecule has 1 aliphatic heterocycles. The van der Waals surface area contributed by atoms with Crippen LogP contribution in [-0.4, -0.2) is 12.3 Å². The van der Waals surface area contributed by atoms with Gasteiger partial charge in [-0.2, -0.15) is 0 Å². The summed E-state index contributed by atoms with van der Waals surface area (Å²) < 4.78 is 18.1. The van der Waals surface area contributed by atoms with Gasteiger partial charge in [-0.15, -0.1) is 0 Å². The lowest BCUT2D eigenvalue weighted by molar-refractivity contribution is -0.848. The van der Waals surface area contributed by atoms with Crippen LogP contribution < -0.4 is 5.06 Å². The average molecular weight is 403 g/mol. The lowest BCUT2D eigenvalue weighted by atomic mass is 10.2. The minimum atomic E-state index is -0.723. The van der Waals surface area contributed by atoms with Crippen LogP contribution in [0.15, 0.2) is 103 Å². The number of nitrogens with one attached hydrogen (secondary N) is 1. The van der Waals surface area contributed by atoms with E-state index in [0.29, 0.717) is 25.6 Å². The standard InChI is InChI=1S/C25H25NO4/c27-26-16-23(28-17-20-10-4-1-5-11-20)24(29-18-21-12-6-2-7-13-21)25(26)30-19-22-14-8-3-9-15-22/h1-16,24-26H,17-19H2/t24-,25-/m0/s1. The van der Waals surface area contributed by atoms with Gasteiger partial charge in [-0.3, -0.25) is 0 Å². The van der Waals surface area contributed by atoms with Gasteiger partial charge in [-0.25, -0.2) is 0 Å². The third-order valence-corrected chi connectivity index (χ3v) is 4.91. The summed E-state index contributed by atoms with van der Waals surface area (Å²) >= 11 is 0. The maximum absolute atomic E-state index is 12.7. The molecule has 5 nitrogen and oxygen atoms in total. The molecule has 0 saturated carbocycles. The second-order valence-corrected chi connectivity index (χ2v) is 7.16. The third-order valence-electron chi connectivity index (χ3n) is 4.91. The normalized spacial score (nSPS) is 20.7. The Hall–Kier alpha value is -2.96. The topological polar surface area (TPSA) is 55.2 Å². The first-order valence-corrected chi connectivity index (χ1v) is 10.0. The van der Waals surface area contributed by atoms with Crippen molar-refractivity contribution < 1.29 is 19.3 Å². The molecular weight excluding hydrogens is 378 g/mol. The van der Waals surface area contributed by atoms with Crippen molar-refractivity contribution in [3.63, 3.8) is 0 Å².